The van der Waals surface area contributed by atoms with Crippen molar-refractivity contribution in [1.82, 2.24) is 0 Å². The number of alkyl halides is 3. The normalized spacial score (nSPS) is 7.24. The van der Waals surface area contributed by atoms with Gasteiger partial charge in [-0.3, -0.25) is 0 Å². The van der Waals surface area contributed by atoms with Crippen molar-refractivity contribution in [2.24, 2.45) is 0 Å². The zero-order valence-electron chi connectivity index (χ0n) is 8.05. The molecule has 91 valence electrons. The average molecular weight is 291 g/mol. The number of halogens is 3. The maximum Gasteiger partial charge on any atom is 5.00 e. The van der Waals surface area contributed by atoms with Gasteiger partial charge in [0.15, 0.2) is 0 Å². The van der Waals surface area contributed by atoms with Crippen molar-refractivity contribution < 1.29 is 49.4 Å². The third-order valence-electron chi connectivity index (χ3n) is 0.798. The summed E-state index contributed by atoms with van der Waals surface area (Å²) >= 11 is 0. The van der Waals surface area contributed by atoms with Gasteiger partial charge in [0, 0.05) is 0 Å². The minimum absolute atomic E-state index is 0. The first-order valence-electron chi connectivity index (χ1n) is 3.32. The summed E-state index contributed by atoms with van der Waals surface area (Å²) in [5.74, 6) is -2.76. The molecule has 0 aliphatic heterocycles. The quantitative estimate of drug-likeness (QED) is 0.450. The first kappa shape index (κ1) is 24.7. The second kappa shape index (κ2) is 17.0. The van der Waals surface area contributed by atoms with Crippen LogP contribution < -0.4 is 0 Å². The molecular formula is C9H6F3FeO4+4. The molecule has 1 N–H and O–H groups in total. The topological polar surface area (TPSA) is 77.1 Å². The largest absolute Gasteiger partial charge is 5.00 e. The summed E-state index contributed by atoms with van der Waals surface area (Å²) in [7, 11) is 0. The Balaban J connectivity index is -0.0000000747. The van der Waals surface area contributed by atoms with E-state index in [0.717, 1.165) is 0 Å². The summed E-state index contributed by atoms with van der Waals surface area (Å²) in [5.41, 5.74) is 0. The predicted octanol–water partition coefficient (Wildman–Crippen LogP) is 1.96. The molecule has 8 heteroatoms. The van der Waals surface area contributed by atoms with Crippen LogP contribution in [0.5, 0.6) is 0 Å². The second-order valence-electron chi connectivity index (χ2n) is 1.77. The summed E-state index contributed by atoms with van der Waals surface area (Å²) in [6, 6.07) is 10.0. The van der Waals surface area contributed by atoms with Gasteiger partial charge in [-0.2, -0.15) is 31.4 Å². The molecule has 0 unspecified atom stereocenters. The van der Waals surface area contributed by atoms with Gasteiger partial charge in [0.25, 0.3) is 0 Å². The van der Waals surface area contributed by atoms with E-state index in [1.807, 2.05) is 30.3 Å². The van der Waals surface area contributed by atoms with Gasteiger partial charge in [-0.15, -0.1) is 0 Å². The molecule has 0 atom stereocenters. The summed E-state index contributed by atoms with van der Waals surface area (Å²) in [4.78, 5) is 8.90. The number of rotatable bonds is 0. The molecule has 0 aliphatic carbocycles. The third-order valence-corrected chi connectivity index (χ3v) is 0.798. The smallest absolute Gasteiger partial charge is 0.214 e. The van der Waals surface area contributed by atoms with Crippen LogP contribution in [0.15, 0.2) is 30.3 Å². The van der Waals surface area contributed by atoms with Crippen LogP contribution in [0.3, 0.4) is 0 Å². The van der Waals surface area contributed by atoms with E-state index in [0.29, 0.717) is 0 Å². The third kappa shape index (κ3) is 25.2. The molecule has 0 amide bonds. The van der Waals surface area contributed by atoms with E-state index in [1.54, 1.807) is 0 Å². The molecule has 1 aromatic carbocycles. The van der Waals surface area contributed by atoms with E-state index >= 15 is 0 Å². The monoisotopic (exact) mass is 291 g/mol. The van der Waals surface area contributed by atoms with Gasteiger partial charge in [-0.1, -0.05) is 0 Å². The van der Waals surface area contributed by atoms with Crippen LogP contribution in [0.25, 0.3) is 0 Å². The summed E-state index contributed by atoms with van der Waals surface area (Å²) < 4.78 is 46.7. The van der Waals surface area contributed by atoms with Gasteiger partial charge in [-0.05, 0) is 0 Å². The van der Waals surface area contributed by atoms with Crippen LogP contribution >= 0.6 is 0 Å². The number of aliphatic carboxylic acids is 1. The van der Waals surface area contributed by atoms with E-state index in [4.69, 9.17) is 19.2 Å². The molecule has 0 saturated carbocycles. The first-order chi connectivity index (χ1) is 7.44. The van der Waals surface area contributed by atoms with Gasteiger partial charge >= 0.3 is 51.8 Å². The molecular weight excluding hydrogens is 285 g/mol. The molecule has 0 heterocycles. The Morgan fingerprint density at radius 2 is 1.35 bits per heavy atom. The molecule has 17 heavy (non-hydrogen) atoms. The number of hydrogen-bond donors (Lipinski definition) is 1. The van der Waals surface area contributed by atoms with E-state index in [1.165, 1.54) is 0 Å². The number of hydrogen-bond acceptors (Lipinski definition) is 1. The molecule has 0 aliphatic rings. The van der Waals surface area contributed by atoms with Crippen LogP contribution in [0.2, 0.25) is 0 Å². The standard InChI is InChI=1S/C5H5.C2HF3O2.2CO.Fe/c1-2-4-5-3-1;3-2(4,5)1(6)7;2*1-2;/h1-5H;(H,6,7);;;/q-1;;;;+5. The number of carboxylic acids is 1. The van der Waals surface area contributed by atoms with E-state index < -0.39 is 12.1 Å². The van der Waals surface area contributed by atoms with Gasteiger partial charge < -0.3 is 5.11 Å². The SMILES string of the molecule is O=C(O)C(F)(F)F.[C-]#[O+].[C-]#[O+].[Fe+5].c1cc[cH-]c1. The molecule has 4 nitrogen and oxygen atoms in total. The predicted molar refractivity (Wildman–Crippen MR) is 43.6 cm³/mol. The van der Waals surface area contributed by atoms with Crippen LogP contribution in [0.4, 0.5) is 13.2 Å². The van der Waals surface area contributed by atoms with Crippen molar-refractivity contribution in [1.29, 1.82) is 0 Å². The maximum absolute atomic E-state index is 10.6. The van der Waals surface area contributed by atoms with Crippen molar-refractivity contribution in [3.05, 3.63) is 43.6 Å². The molecule has 0 spiro atoms. The van der Waals surface area contributed by atoms with Crippen molar-refractivity contribution in [2.45, 2.75) is 6.18 Å². The van der Waals surface area contributed by atoms with Gasteiger partial charge in [0.2, 0.25) is 0 Å². The van der Waals surface area contributed by atoms with Gasteiger partial charge in [0.1, 0.15) is 0 Å². The fraction of sp³-hybridized carbons (Fsp3) is 0.111. The van der Waals surface area contributed by atoms with Gasteiger partial charge in [0.05, 0.1) is 0 Å². The van der Waals surface area contributed by atoms with Crippen molar-refractivity contribution >= 4 is 5.97 Å². The summed E-state index contributed by atoms with van der Waals surface area (Å²) in [6.45, 7) is 9.00. The number of carbonyl (C=O) groups is 1. The molecule has 1 aromatic rings. The molecule has 0 saturated heterocycles. The summed E-state index contributed by atoms with van der Waals surface area (Å²) in [5, 5.41) is 7.12. The van der Waals surface area contributed by atoms with Crippen molar-refractivity contribution in [3.63, 3.8) is 0 Å². The van der Waals surface area contributed by atoms with Crippen LogP contribution in [-0.4, -0.2) is 17.3 Å². The fourth-order valence-corrected chi connectivity index (χ4v) is 0.321. The first-order valence-corrected chi connectivity index (χ1v) is 3.32. The van der Waals surface area contributed by atoms with Crippen molar-refractivity contribution in [3.8, 4) is 0 Å². The molecule has 1 radical (unpaired) electrons. The Bertz CT molecular complexity index is 267. The molecule has 1 rings (SSSR count). The zero-order valence-corrected chi connectivity index (χ0v) is 9.15. The molecule has 0 fully saturated rings. The maximum atomic E-state index is 10.6. The second-order valence-corrected chi connectivity index (χ2v) is 1.77. The Labute approximate surface area is 106 Å². The van der Waals surface area contributed by atoms with Crippen LogP contribution in [0.1, 0.15) is 0 Å². The average Bonchev–Trinajstić information content (AvgIpc) is 2.80. The van der Waals surface area contributed by atoms with E-state index in [-0.39, 0.29) is 17.1 Å². The minimum Gasteiger partial charge on any atom is -0.214 e. The van der Waals surface area contributed by atoms with E-state index in [9.17, 15) is 13.2 Å². The number of carboxylic acid groups (broad SMARTS) is 1. The Kier molecular flexibility index (Phi) is 24.7. The zero-order chi connectivity index (χ0) is 13.6. The van der Waals surface area contributed by atoms with Crippen LogP contribution in [0, 0.1) is 13.3 Å². The Morgan fingerprint density at radius 3 is 1.41 bits per heavy atom. The Morgan fingerprint density at radius 1 is 1.12 bits per heavy atom. The van der Waals surface area contributed by atoms with Crippen molar-refractivity contribution in [2.75, 3.05) is 0 Å². The van der Waals surface area contributed by atoms with Gasteiger partial charge in [-0.25, -0.2) is 16.9 Å². The molecule has 0 aromatic heterocycles. The minimum atomic E-state index is -5.08. The fourth-order valence-electron chi connectivity index (χ4n) is 0.321. The summed E-state index contributed by atoms with van der Waals surface area (Å²) in [6.07, 6.45) is -5.08. The van der Waals surface area contributed by atoms with E-state index in [2.05, 4.69) is 13.3 Å². The Hall–Kier alpha value is -1.39. The molecule has 0 bridgehead atoms. The van der Waals surface area contributed by atoms with Crippen LogP contribution in [-0.2, 0) is 31.2 Å².